The molecule has 0 aliphatic carbocycles. The first kappa shape index (κ1) is 22.5. The summed E-state index contributed by atoms with van der Waals surface area (Å²) in [5.41, 5.74) is 3.64. The first-order valence-electron chi connectivity index (χ1n) is 12.2. The minimum absolute atomic E-state index is 0.312. The second kappa shape index (κ2) is 9.49. The molecule has 0 spiro atoms. The number of hydrogen-bond donors (Lipinski definition) is 2. The lowest BCUT2D eigenvalue weighted by atomic mass is 9.89. The van der Waals surface area contributed by atoms with Gasteiger partial charge >= 0.3 is 0 Å². The van der Waals surface area contributed by atoms with E-state index in [0.717, 1.165) is 48.2 Å². The molecular formula is C28H34N2O2S. The first-order valence-corrected chi connectivity index (χ1v) is 13.0. The Morgan fingerprint density at radius 1 is 1.18 bits per heavy atom. The van der Waals surface area contributed by atoms with Crippen molar-refractivity contribution in [2.45, 2.75) is 58.1 Å². The van der Waals surface area contributed by atoms with Gasteiger partial charge in [0.15, 0.2) is 0 Å². The number of aromatic amines is 1. The van der Waals surface area contributed by atoms with Crippen LogP contribution in [0.4, 0.5) is 0 Å². The monoisotopic (exact) mass is 462 g/mol. The quantitative estimate of drug-likeness (QED) is 0.341. The number of nitrogens with one attached hydrogen (secondary N) is 1. The van der Waals surface area contributed by atoms with Crippen molar-refractivity contribution >= 4 is 32.3 Å². The van der Waals surface area contributed by atoms with E-state index in [9.17, 15) is 5.11 Å². The van der Waals surface area contributed by atoms with Crippen molar-refractivity contribution in [2.75, 3.05) is 19.7 Å². The summed E-state index contributed by atoms with van der Waals surface area (Å²) in [7, 11) is 0. The van der Waals surface area contributed by atoms with Gasteiger partial charge in [0.05, 0.1) is 0 Å². The Labute approximate surface area is 200 Å². The number of hydrogen-bond acceptors (Lipinski definition) is 4. The molecule has 5 rings (SSSR count). The van der Waals surface area contributed by atoms with Crippen LogP contribution in [-0.2, 0) is 6.42 Å². The Hall–Kier alpha value is -2.34. The van der Waals surface area contributed by atoms with Gasteiger partial charge in [0.1, 0.15) is 18.5 Å². The van der Waals surface area contributed by atoms with Gasteiger partial charge in [0.25, 0.3) is 0 Å². The molecule has 4 aromatic rings. The third-order valence-corrected chi connectivity index (χ3v) is 8.37. The van der Waals surface area contributed by atoms with Crippen LogP contribution < -0.4 is 4.74 Å². The Balaban J connectivity index is 1.18. The fourth-order valence-corrected chi connectivity index (χ4v) is 6.56. The average molecular weight is 463 g/mol. The second-order valence-electron chi connectivity index (χ2n) is 9.53. The second-order valence-corrected chi connectivity index (χ2v) is 10.6. The fourth-order valence-electron chi connectivity index (χ4n) is 5.30. The van der Waals surface area contributed by atoms with E-state index in [2.05, 4.69) is 60.1 Å². The van der Waals surface area contributed by atoms with Crippen molar-refractivity contribution in [3.8, 4) is 5.75 Å². The summed E-state index contributed by atoms with van der Waals surface area (Å²) in [6, 6.07) is 17.7. The van der Waals surface area contributed by atoms with Crippen molar-refractivity contribution in [3.63, 3.8) is 0 Å². The summed E-state index contributed by atoms with van der Waals surface area (Å²) in [5.74, 6) is 1.44. The third kappa shape index (κ3) is 4.68. The largest absolute Gasteiger partial charge is 0.490 e. The minimum atomic E-state index is -0.504. The maximum absolute atomic E-state index is 10.7. The number of H-pyrrole nitrogens is 1. The Kier molecular flexibility index (Phi) is 6.46. The van der Waals surface area contributed by atoms with E-state index in [0.29, 0.717) is 25.1 Å². The van der Waals surface area contributed by atoms with Crippen molar-refractivity contribution < 1.29 is 9.84 Å². The lowest BCUT2D eigenvalue weighted by Gasteiger charge is -2.38. The topological polar surface area (TPSA) is 48.5 Å². The molecule has 0 bridgehead atoms. The van der Waals surface area contributed by atoms with Crippen molar-refractivity contribution in [2.24, 2.45) is 0 Å². The van der Waals surface area contributed by atoms with Gasteiger partial charge in [-0.2, -0.15) is 0 Å². The highest BCUT2D eigenvalue weighted by atomic mass is 32.1. The molecule has 33 heavy (non-hydrogen) atoms. The van der Waals surface area contributed by atoms with Gasteiger partial charge in [-0.3, -0.25) is 4.90 Å². The van der Waals surface area contributed by atoms with E-state index in [-0.39, 0.29) is 0 Å². The number of thiophene rings is 1. The minimum Gasteiger partial charge on any atom is -0.490 e. The molecule has 2 N–H and O–H groups in total. The van der Waals surface area contributed by atoms with Crippen LogP contribution in [0.15, 0.2) is 48.5 Å². The summed E-state index contributed by atoms with van der Waals surface area (Å²) < 4.78 is 7.44. The van der Waals surface area contributed by atoms with Crippen molar-refractivity contribution in [1.82, 2.24) is 9.88 Å². The number of aliphatic hydroxyl groups excluding tert-OH is 1. The lowest BCUT2D eigenvalue weighted by molar-refractivity contribution is 0.0408. The van der Waals surface area contributed by atoms with Gasteiger partial charge < -0.3 is 14.8 Å². The number of β-amino-alcohol motifs (C(OH)–C–C–N with tert-alkyl or cyclic N) is 1. The summed E-state index contributed by atoms with van der Waals surface area (Å²) in [5, 5.41) is 13.2. The molecule has 1 saturated heterocycles. The zero-order chi connectivity index (χ0) is 22.9. The van der Waals surface area contributed by atoms with Crippen molar-refractivity contribution in [3.05, 3.63) is 64.7 Å². The Morgan fingerprint density at radius 3 is 2.85 bits per heavy atom. The summed E-state index contributed by atoms with van der Waals surface area (Å²) >= 11 is 1.97. The van der Waals surface area contributed by atoms with E-state index in [1.807, 2.05) is 30.4 Å². The highest BCUT2D eigenvalue weighted by Crippen LogP contribution is 2.39. The standard InChI is InChI=1S/C28H34N2O2S/c1-4-20-7-5-10-27-23(20)15-28(33-27)21-11-12-30(19(3)14-21)16-22(31)17-32-26-9-6-8-25-24(26)13-18(2)29-25/h5-10,13,15,19,21-22,29,31H,4,11-12,14,16-17H2,1-3H3/t19-,21-,22-/m0/s1. The van der Waals surface area contributed by atoms with E-state index in [1.54, 1.807) is 0 Å². The van der Waals surface area contributed by atoms with E-state index in [1.165, 1.54) is 20.5 Å². The molecule has 3 atom stereocenters. The highest BCUT2D eigenvalue weighted by Gasteiger charge is 2.29. The van der Waals surface area contributed by atoms with Gasteiger partial charge in [-0.1, -0.05) is 25.1 Å². The zero-order valence-corrected chi connectivity index (χ0v) is 20.6. The number of aliphatic hydroxyl groups is 1. The normalized spacial score (nSPS) is 20.5. The summed E-state index contributed by atoms with van der Waals surface area (Å²) in [6.45, 7) is 8.57. The van der Waals surface area contributed by atoms with Crippen LogP contribution in [0.5, 0.6) is 5.75 Å². The van der Waals surface area contributed by atoms with Crippen LogP contribution >= 0.6 is 11.3 Å². The Bertz CT molecular complexity index is 1240. The molecule has 3 heterocycles. The first-order chi connectivity index (χ1) is 16.0. The molecule has 2 aromatic heterocycles. The maximum atomic E-state index is 10.7. The smallest absolute Gasteiger partial charge is 0.128 e. The van der Waals surface area contributed by atoms with E-state index >= 15 is 0 Å². The van der Waals surface area contributed by atoms with Crippen LogP contribution in [0.3, 0.4) is 0 Å². The molecule has 5 heteroatoms. The van der Waals surface area contributed by atoms with Crippen LogP contribution in [0, 0.1) is 6.92 Å². The van der Waals surface area contributed by atoms with Gasteiger partial charge in [-0.05, 0) is 86.9 Å². The van der Waals surface area contributed by atoms with Crippen LogP contribution in [0.1, 0.15) is 48.7 Å². The maximum Gasteiger partial charge on any atom is 0.128 e. The van der Waals surface area contributed by atoms with Gasteiger partial charge in [0.2, 0.25) is 0 Å². The summed E-state index contributed by atoms with van der Waals surface area (Å²) in [4.78, 5) is 7.29. The van der Waals surface area contributed by atoms with Crippen LogP contribution in [-0.4, -0.2) is 46.8 Å². The molecule has 0 unspecified atom stereocenters. The number of nitrogens with zero attached hydrogens (tertiary/aromatic N) is 1. The SMILES string of the molecule is CCc1cccc2sc([C@H]3CCN(C[C@H](O)COc4cccc5[nH]c(C)cc45)[C@@H](C)C3)cc12. The number of aryl methyl sites for hydroxylation is 2. The predicted octanol–water partition coefficient (Wildman–Crippen LogP) is 6.26. The molecule has 174 valence electrons. The van der Waals surface area contributed by atoms with Gasteiger partial charge in [-0.25, -0.2) is 0 Å². The van der Waals surface area contributed by atoms with E-state index in [4.69, 9.17) is 4.74 Å². The molecule has 0 saturated carbocycles. The number of fused-ring (bicyclic) bond motifs is 2. The van der Waals surface area contributed by atoms with Gasteiger partial charge in [-0.15, -0.1) is 11.3 Å². The van der Waals surface area contributed by atoms with Gasteiger partial charge in [0, 0.05) is 38.8 Å². The molecule has 1 fully saturated rings. The molecule has 4 nitrogen and oxygen atoms in total. The molecular weight excluding hydrogens is 428 g/mol. The molecule has 1 aliphatic rings. The number of benzene rings is 2. The van der Waals surface area contributed by atoms with Crippen LogP contribution in [0.2, 0.25) is 0 Å². The number of ether oxygens (including phenoxy) is 1. The third-order valence-electron chi connectivity index (χ3n) is 7.10. The van der Waals surface area contributed by atoms with E-state index < -0.39 is 6.10 Å². The molecule has 0 radical (unpaired) electrons. The molecule has 1 aliphatic heterocycles. The van der Waals surface area contributed by atoms with Crippen molar-refractivity contribution in [1.29, 1.82) is 0 Å². The Morgan fingerprint density at radius 2 is 2.03 bits per heavy atom. The number of aromatic nitrogens is 1. The highest BCUT2D eigenvalue weighted by molar-refractivity contribution is 7.19. The predicted molar refractivity (Wildman–Crippen MR) is 139 cm³/mol. The molecule has 0 amide bonds. The number of piperidine rings is 1. The zero-order valence-electron chi connectivity index (χ0n) is 19.8. The van der Waals surface area contributed by atoms with Crippen LogP contribution in [0.25, 0.3) is 21.0 Å². The number of rotatable bonds is 7. The number of likely N-dealkylation sites (tertiary alicyclic amines) is 1. The average Bonchev–Trinajstić information content (AvgIpc) is 3.41. The molecule has 2 aromatic carbocycles. The summed E-state index contributed by atoms with van der Waals surface area (Å²) in [6.07, 6.45) is 2.87. The lowest BCUT2D eigenvalue weighted by Crippen LogP contribution is -2.45. The fraction of sp³-hybridized carbons (Fsp3) is 0.429.